The molecular weight excluding hydrogens is 402 g/mol. The third-order valence-corrected chi connectivity index (χ3v) is 5.10. The summed E-state index contributed by atoms with van der Waals surface area (Å²) in [5, 5.41) is 4.51. The Morgan fingerprint density at radius 1 is 1.20 bits per heavy atom. The van der Waals surface area contributed by atoms with Crippen molar-refractivity contribution in [1.82, 2.24) is 15.0 Å². The maximum atomic E-state index is 12.8. The van der Waals surface area contributed by atoms with Crippen LogP contribution in [0.5, 0.6) is 5.75 Å². The molecule has 3 rings (SSSR count). The second-order valence-electron chi connectivity index (χ2n) is 7.64. The van der Waals surface area contributed by atoms with Crippen LogP contribution in [0, 0.1) is 6.92 Å². The molecule has 6 nitrogen and oxygen atoms in total. The molecule has 0 bridgehead atoms. The first-order valence-corrected chi connectivity index (χ1v) is 10.2. The topological polar surface area (TPSA) is 68.5 Å². The van der Waals surface area contributed by atoms with Crippen molar-refractivity contribution in [2.45, 2.75) is 46.3 Å². The van der Waals surface area contributed by atoms with E-state index in [-0.39, 0.29) is 12.5 Å². The van der Waals surface area contributed by atoms with Crippen molar-refractivity contribution in [3.8, 4) is 17.1 Å². The minimum absolute atomic E-state index is 0.175. The molecule has 0 aliphatic carbocycles. The minimum Gasteiger partial charge on any atom is -0.481 e. The smallest absolute Gasteiger partial charge is 0.263 e. The molecule has 0 spiro atoms. The number of halogens is 1. The summed E-state index contributed by atoms with van der Waals surface area (Å²) in [5.74, 6) is 1.57. The summed E-state index contributed by atoms with van der Waals surface area (Å²) in [6.45, 7) is 8.12. The van der Waals surface area contributed by atoms with E-state index in [1.54, 1.807) is 20.0 Å². The summed E-state index contributed by atoms with van der Waals surface area (Å²) in [5.41, 5.74) is 2.84. The molecule has 1 unspecified atom stereocenters. The van der Waals surface area contributed by atoms with E-state index in [4.69, 9.17) is 20.9 Å². The number of hydrogen-bond donors (Lipinski definition) is 0. The number of benzene rings is 2. The van der Waals surface area contributed by atoms with Crippen molar-refractivity contribution in [2.75, 3.05) is 7.05 Å². The number of likely N-dealkylation sites (N-methyl/N-ethyl adjacent to an activating group) is 1. The fourth-order valence-electron chi connectivity index (χ4n) is 3.12. The summed E-state index contributed by atoms with van der Waals surface area (Å²) >= 11 is 6.19. The van der Waals surface area contributed by atoms with Gasteiger partial charge in [-0.2, -0.15) is 4.98 Å². The molecule has 0 saturated carbocycles. The van der Waals surface area contributed by atoms with Crippen LogP contribution in [0.3, 0.4) is 0 Å². The number of rotatable bonds is 7. The number of hydrogen-bond acceptors (Lipinski definition) is 5. The molecule has 1 aromatic heterocycles. The van der Waals surface area contributed by atoms with E-state index in [9.17, 15) is 4.79 Å². The number of amides is 1. The van der Waals surface area contributed by atoms with Crippen LogP contribution < -0.4 is 4.74 Å². The molecule has 1 atom stereocenters. The van der Waals surface area contributed by atoms with E-state index in [1.165, 1.54) is 4.90 Å². The Morgan fingerprint density at radius 2 is 1.93 bits per heavy atom. The van der Waals surface area contributed by atoms with Gasteiger partial charge in [-0.15, -0.1) is 0 Å². The summed E-state index contributed by atoms with van der Waals surface area (Å²) in [6, 6.07) is 13.3. The highest BCUT2D eigenvalue weighted by molar-refractivity contribution is 6.33. The van der Waals surface area contributed by atoms with E-state index in [0.717, 1.165) is 16.9 Å². The summed E-state index contributed by atoms with van der Waals surface area (Å²) in [6.07, 6.45) is -0.653. The summed E-state index contributed by atoms with van der Waals surface area (Å²) < 4.78 is 11.3. The highest BCUT2D eigenvalue weighted by Gasteiger charge is 2.23. The van der Waals surface area contributed by atoms with Crippen LogP contribution in [0.25, 0.3) is 11.4 Å². The number of ether oxygens (including phenoxy) is 1. The monoisotopic (exact) mass is 427 g/mol. The van der Waals surface area contributed by atoms with Gasteiger partial charge in [0, 0.05) is 12.6 Å². The predicted molar refractivity (Wildman–Crippen MR) is 117 cm³/mol. The largest absolute Gasteiger partial charge is 0.481 e. The van der Waals surface area contributed by atoms with Gasteiger partial charge >= 0.3 is 0 Å². The normalized spacial score (nSPS) is 12.1. The average Bonchev–Trinajstić information content (AvgIpc) is 3.15. The number of nitrogens with zero attached hydrogens (tertiary/aromatic N) is 3. The third-order valence-electron chi connectivity index (χ3n) is 4.77. The molecule has 1 heterocycles. The molecule has 0 aliphatic heterocycles. The minimum atomic E-state index is -0.653. The van der Waals surface area contributed by atoms with Gasteiger partial charge in [0.1, 0.15) is 5.75 Å². The number of carbonyl (C=O) groups is 1. The molecule has 2 aromatic carbocycles. The summed E-state index contributed by atoms with van der Waals surface area (Å²) in [7, 11) is 1.68. The van der Waals surface area contributed by atoms with Crippen LogP contribution in [-0.2, 0) is 11.3 Å². The van der Waals surface area contributed by atoms with E-state index < -0.39 is 6.10 Å². The molecule has 0 N–H and O–H groups in total. The van der Waals surface area contributed by atoms with Gasteiger partial charge in [-0.25, -0.2) is 0 Å². The lowest BCUT2D eigenvalue weighted by atomic mass is 10.0. The van der Waals surface area contributed by atoms with Crippen LogP contribution in [0.15, 0.2) is 47.0 Å². The second-order valence-corrected chi connectivity index (χ2v) is 8.05. The summed E-state index contributed by atoms with van der Waals surface area (Å²) in [4.78, 5) is 18.7. The highest BCUT2D eigenvalue weighted by atomic mass is 35.5. The van der Waals surface area contributed by atoms with Gasteiger partial charge in [0.25, 0.3) is 5.91 Å². The molecule has 0 fully saturated rings. The lowest BCUT2D eigenvalue weighted by molar-refractivity contribution is -0.137. The molecule has 158 valence electrons. The van der Waals surface area contributed by atoms with Crippen LogP contribution in [0.1, 0.15) is 43.7 Å². The number of aryl methyl sites for hydroxylation is 1. The van der Waals surface area contributed by atoms with Crippen molar-refractivity contribution in [3.63, 3.8) is 0 Å². The van der Waals surface area contributed by atoms with Crippen LogP contribution in [-0.4, -0.2) is 34.1 Å². The lowest BCUT2D eigenvalue weighted by Crippen LogP contribution is -2.37. The van der Waals surface area contributed by atoms with Crippen LogP contribution >= 0.6 is 11.6 Å². The molecule has 7 heteroatoms. The molecule has 0 saturated heterocycles. The third kappa shape index (κ3) is 5.00. The Labute approximate surface area is 181 Å². The van der Waals surface area contributed by atoms with Gasteiger partial charge in [-0.1, -0.05) is 54.9 Å². The first kappa shape index (κ1) is 21.8. The number of aromatic nitrogens is 2. The Kier molecular flexibility index (Phi) is 6.77. The zero-order chi connectivity index (χ0) is 21.8. The molecule has 1 amide bonds. The molecule has 0 radical (unpaired) electrons. The van der Waals surface area contributed by atoms with Crippen molar-refractivity contribution >= 4 is 17.5 Å². The van der Waals surface area contributed by atoms with Gasteiger partial charge in [0.2, 0.25) is 11.7 Å². The van der Waals surface area contributed by atoms with Gasteiger partial charge in [-0.05, 0) is 49.1 Å². The Balaban J connectivity index is 1.68. The fraction of sp³-hybridized carbons (Fsp3) is 0.348. The molecule has 3 aromatic rings. The SMILES string of the molecule is Cc1ccc(C(C)C)c(OC(C)C(=O)N(C)Cc2nc(-c3ccccc3Cl)no2)c1. The van der Waals surface area contributed by atoms with Crippen molar-refractivity contribution in [3.05, 3.63) is 64.5 Å². The van der Waals surface area contributed by atoms with E-state index in [1.807, 2.05) is 43.3 Å². The zero-order valence-electron chi connectivity index (χ0n) is 17.8. The van der Waals surface area contributed by atoms with Gasteiger partial charge in [-0.3, -0.25) is 4.79 Å². The maximum Gasteiger partial charge on any atom is 0.263 e. The van der Waals surface area contributed by atoms with Crippen molar-refractivity contribution in [2.24, 2.45) is 0 Å². The number of carbonyl (C=O) groups excluding carboxylic acids is 1. The standard InChI is InChI=1S/C23H26ClN3O3/c1-14(2)17-11-10-15(3)12-20(17)29-16(4)23(28)27(5)13-21-25-22(26-30-21)18-8-6-7-9-19(18)24/h6-12,14,16H,13H2,1-5H3. The van der Waals surface area contributed by atoms with Crippen molar-refractivity contribution in [1.29, 1.82) is 0 Å². The van der Waals surface area contributed by atoms with Crippen LogP contribution in [0.4, 0.5) is 0 Å². The first-order valence-electron chi connectivity index (χ1n) is 9.86. The fourth-order valence-corrected chi connectivity index (χ4v) is 3.34. The highest BCUT2D eigenvalue weighted by Crippen LogP contribution is 2.29. The second kappa shape index (κ2) is 9.30. The van der Waals surface area contributed by atoms with Crippen molar-refractivity contribution < 1.29 is 14.1 Å². The predicted octanol–water partition coefficient (Wildman–Crippen LogP) is 5.25. The lowest BCUT2D eigenvalue weighted by Gasteiger charge is -2.23. The van der Waals surface area contributed by atoms with Crippen LogP contribution in [0.2, 0.25) is 5.02 Å². The maximum absolute atomic E-state index is 12.8. The van der Waals surface area contributed by atoms with Gasteiger partial charge < -0.3 is 14.2 Å². The molecule has 30 heavy (non-hydrogen) atoms. The quantitative estimate of drug-likeness (QED) is 0.515. The Morgan fingerprint density at radius 3 is 2.63 bits per heavy atom. The first-order chi connectivity index (χ1) is 14.3. The molecular formula is C23H26ClN3O3. The van der Waals surface area contributed by atoms with Gasteiger partial charge in [0.15, 0.2) is 6.10 Å². The zero-order valence-corrected chi connectivity index (χ0v) is 18.6. The Bertz CT molecular complexity index is 1030. The average molecular weight is 428 g/mol. The van der Waals surface area contributed by atoms with E-state index in [0.29, 0.717) is 28.2 Å². The van der Waals surface area contributed by atoms with E-state index in [2.05, 4.69) is 24.0 Å². The Hall–Kier alpha value is -2.86. The van der Waals surface area contributed by atoms with Gasteiger partial charge in [0.05, 0.1) is 11.6 Å². The van der Waals surface area contributed by atoms with E-state index >= 15 is 0 Å². The molecule has 0 aliphatic rings.